The second kappa shape index (κ2) is 5.82. The number of anilines is 2. The molecule has 0 atom stereocenters. The van der Waals surface area contributed by atoms with E-state index in [4.69, 9.17) is 5.73 Å². The van der Waals surface area contributed by atoms with Gasteiger partial charge in [-0.25, -0.2) is 13.1 Å². The van der Waals surface area contributed by atoms with Gasteiger partial charge in [-0.05, 0) is 58.6 Å². The van der Waals surface area contributed by atoms with Gasteiger partial charge in [0.05, 0.1) is 16.3 Å². The van der Waals surface area contributed by atoms with Crippen molar-refractivity contribution in [3.63, 3.8) is 0 Å². The summed E-state index contributed by atoms with van der Waals surface area (Å²) in [6, 6.07) is 4.77. The Kier molecular flexibility index (Phi) is 4.46. The van der Waals surface area contributed by atoms with Crippen LogP contribution in [0.15, 0.2) is 23.1 Å². The van der Waals surface area contributed by atoms with Crippen molar-refractivity contribution in [2.75, 3.05) is 38.7 Å². The zero-order chi connectivity index (χ0) is 15.7. The largest absolute Gasteiger partial charge is 0.397 e. The minimum Gasteiger partial charge on any atom is -0.397 e. The molecule has 0 radical (unpaired) electrons. The van der Waals surface area contributed by atoms with Crippen LogP contribution in [0.25, 0.3) is 0 Å². The molecule has 0 saturated heterocycles. The van der Waals surface area contributed by atoms with Crippen molar-refractivity contribution in [3.8, 4) is 0 Å². The first-order valence-electron chi connectivity index (χ1n) is 7.05. The molecule has 1 aromatic rings. The number of benzene rings is 1. The Bertz CT molecular complexity index is 609. The number of nitrogens with two attached hydrogens (primary N) is 1. The molecule has 1 aliphatic rings. The lowest BCUT2D eigenvalue weighted by molar-refractivity contribution is 0.0739. The standard InChI is InChI=1S/C14H24N4O2S/c1-16-21(19,20)11-5-6-13(12(15)9-11)17-10-14(18(2)3)7-4-8-14/h5-6,9,16-17H,4,7-8,10,15H2,1-3H3. The number of rotatable bonds is 6. The van der Waals surface area contributed by atoms with Crippen molar-refractivity contribution in [1.82, 2.24) is 9.62 Å². The number of hydrogen-bond donors (Lipinski definition) is 3. The van der Waals surface area contributed by atoms with Crippen LogP contribution in [0.2, 0.25) is 0 Å². The third-order valence-corrected chi connectivity index (χ3v) is 5.85. The summed E-state index contributed by atoms with van der Waals surface area (Å²) in [4.78, 5) is 2.43. The predicted molar refractivity (Wildman–Crippen MR) is 85.9 cm³/mol. The molecule has 2 rings (SSSR count). The van der Waals surface area contributed by atoms with Crippen LogP contribution >= 0.6 is 0 Å². The summed E-state index contributed by atoms with van der Waals surface area (Å²) in [7, 11) is 2.11. The van der Waals surface area contributed by atoms with Gasteiger partial charge in [-0.15, -0.1) is 0 Å². The minimum absolute atomic E-state index is 0.180. The van der Waals surface area contributed by atoms with Gasteiger partial charge in [0.1, 0.15) is 0 Å². The maximum Gasteiger partial charge on any atom is 0.240 e. The predicted octanol–water partition coefficient (Wildman–Crippen LogP) is 1.07. The second-order valence-electron chi connectivity index (χ2n) is 5.78. The van der Waals surface area contributed by atoms with E-state index in [-0.39, 0.29) is 10.4 Å². The Hall–Kier alpha value is -1.31. The van der Waals surface area contributed by atoms with Crippen LogP contribution in [0.4, 0.5) is 11.4 Å². The molecule has 0 unspecified atom stereocenters. The number of hydrogen-bond acceptors (Lipinski definition) is 5. The maximum absolute atomic E-state index is 11.7. The first kappa shape index (κ1) is 16.1. The molecule has 1 aromatic carbocycles. The van der Waals surface area contributed by atoms with E-state index in [2.05, 4.69) is 29.0 Å². The third-order valence-electron chi connectivity index (χ3n) is 4.44. The van der Waals surface area contributed by atoms with Crippen LogP contribution < -0.4 is 15.8 Å². The van der Waals surface area contributed by atoms with Gasteiger partial charge in [0.15, 0.2) is 0 Å². The molecule has 0 aromatic heterocycles. The Morgan fingerprint density at radius 1 is 1.33 bits per heavy atom. The molecule has 118 valence electrons. The highest BCUT2D eigenvalue weighted by atomic mass is 32.2. The molecule has 0 aliphatic heterocycles. The van der Waals surface area contributed by atoms with Crippen molar-refractivity contribution in [2.24, 2.45) is 0 Å². The second-order valence-corrected chi connectivity index (χ2v) is 7.67. The normalized spacial score (nSPS) is 17.5. The topological polar surface area (TPSA) is 87.5 Å². The fourth-order valence-corrected chi connectivity index (χ4v) is 3.38. The molecule has 1 saturated carbocycles. The fraction of sp³-hybridized carbons (Fsp3) is 0.571. The van der Waals surface area contributed by atoms with Crippen molar-refractivity contribution < 1.29 is 8.42 Å². The van der Waals surface area contributed by atoms with Crippen LogP contribution in [0.1, 0.15) is 19.3 Å². The highest BCUT2D eigenvalue weighted by Crippen LogP contribution is 2.36. The van der Waals surface area contributed by atoms with Crippen LogP contribution in [0.5, 0.6) is 0 Å². The highest BCUT2D eigenvalue weighted by molar-refractivity contribution is 7.89. The zero-order valence-corrected chi connectivity index (χ0v) is 13.6. The Balaban J connectivity index is 2.12. The summed E-state index contributed by atoms with van der Waals surface area (Å²) in [6.45, 7) is 0.808. The Labute approximate surface area is 126 Å². The Morgan fingerprint density at radius 3 is 2.43 bits per heavy atom. The SMILES string of the molecule is CNS(=O)(=O)c1ccc(NCC2(N(C)C)CCC2)c(N)c1. The lowest BCUT2D eigenvalue weighted by Gasteiger charge is -2.47. The van der Waals surface area contributed by atoms with Crippen molar-refractivity contribution in [1.29, 1.82) is 0 Å². The maximum atomic E-state index is 11.7. The number of sulfonamides is 1. The molecule has 0 heterocycles. The van der Waals surface area contributed by atoms with Crippen LogP contribution in [0.3, 0.4) is 0 Å². The van der Waals surface area contributed by atoms with Gasteiger partial charge in [0, 0.05) is 12.1 Å². The number of nitrogen functional groups attached to an aromatic ring is 1. The molecule has 1 aliphatic carbocycles. The van der Waals surface area contributed by atoms with Crippen LogP contribution in [0, 0.1) is 0 Å². The lowest BCUT2D eigenvalue weighted by atomic mass is 9.75. The first-order chi connectivity index (χ1) is 9.81. The van der Waals surface area contributed by atoms with Gasteiger partial charge < -0.3 is 16.0 Å². The van der Waals surface area contributed by atoms with Gasteiger partial charge in [-0.2, -0.15) is 0 Å². The van der Waals surface area contributed by atoms with Crippen LogP contribution in [-0.2, 0) is 10.0 Å². The fourth-order valence-electron chi connectivity index (χ4n) is 2.61. The zero-order valence-electron chi connectivity index (χ0n) is 12.8. The molecular formula is C14H24N4O2S. The van der Waals surface area contributed by atoms with E-state index in [9.17, 15) is 8.42 Å². The molecular weight excluding hydrogens is 288 g/mol. The van der Waals surface area contributed by atoms with Gasteiger partial charge in [-0.1, -0.05) is 0 Å². The minimum atomic E-state index is -3.45. The summed E-state index contributed by atoms with van der Waals surface area (Å²) >= 11 is 0. The van der Waals surface area contributed by atoms with E-state index in [0.29, 0.717) is 5.69 Å². The average Bonchev–Trinajstić information content (AvgIpc) is 2.38. The molecule has 1 fully saturated rings. The quantitative estimate of drug-likeness (QED) is 0.684. The summed E-state index contributed by atoms with van der Waals surface area (Å²) in [5, 5.41) is 3.35. The van der Waals surface area contributed by atoms with Crippen molar-refractivity contribution in [3.05, 3.63) is 18.2 Å². The molecule has 6 nitrogen and oxygen atoms in total. The molecule has 21 heavy (non-hydrogen) atoms. The molecule has 0 amide bonds. The molecule has 0 spiro atoms. The van der Waals surface area contributed by atoms with E-state index in [0.717, 1.165) is 12.2 Å². The monoisotopic (exact) mass is 312 g/mol. The van der Waals surface area contributed by atoms with Gasteiger partial charge >= 0.3 is 0 Å². The summed E-state index contributed by atoms with van der Waals surface area (Å²) in [6.07, 6.45) is 3.58. The van der Waals surface area contributed by atoms with Gasteiger partial charge in [0.25, 0.3) is 0 Å². The van der Waals surface area contributed by atoms with Gasteiger partial charge in [0.2, 0.25) is 10.0 Å². The third kappa shape index (κ3) is 3.14. The highest BCUT2D eigenvalue weighted by Gasteiger charge is 2.38. The number of likely N-dealkylation sites (N-methyl/N-ethyl adjacent to an activating group) is 1. The van der Waals surface area contributed by atoms with E-state index in [1.165, 1.54) is 32.4 Å². The molecule has 4 N–H and O–H groups in total. The lowest BCUT2D eigenvalue weighted by Crippen LogP contribution is -2.54. The first-order valence-corrected chi connectivity index (χ1v) is 8.53. The van der Waals surface area contributed by atoms with Gasteiger partial charge in [-0.3, -0.25) is 0 Å². The summed E-state index contributed by atoms with van der Waals surface area (Å²) in [5.41, 5.74) is 7.37. The van der Waals surface area contributed by atoms with Crippen molar-refractivity contribution >= 4 is 21.4 Å². The smallest absolute Gasteiger partial charge is 0.240 e. The average molecular weight is 312 g/mol. The van der Waals surface area contributed by atoms with Crippen LogP contribution in [-0.4, -0.2) is 46.5 Å². The van der Waals surface area contributed by atoms with E-state index >= 15 is 0 Å². The molecule has 7 heteroatoms. The summed E-state index contributed by atoms with van der Waals surface area (Å²) < 4.78 is 25.7. The number of nitrogens with one attached hydrogen (secondary N) is 2. The van der Waals surface area contributed by atoms with E-state index in [1.807, 2.05) is 0 Å². The van der Waals surface area contributed by atoms with Crippen molar-refractivity contribution in [2.45, 2.75) is 29.7 Å². The van der Waals surface area contributed by atoms with E-state index < -0.39 is 10.0 Å². The Morgan fingerprint density at radius 2 is 2.00 bits per heavy atom. The van der Waals surface area contributed by atoms with E-state index in [1.54, 1.807) is 12.1 Å². The molecule has 0 bridgehead atoms. The summed E-state index contributed by atoms with van der Waals surface area (Å²) in [5.74, 6) is 0. The number of nitrogens with zero attached hydrogens (tertiary/aromatic N) is 1.